The van der Waals surface area contributed by atoms with Gasteiger partial charge in [0, 0.05) is 5.92 Å². The summed E-state index contributed by atoms with van der Waals surface area (Å²) < 4.78 is 0. The van der Waals surface area contributed by atoms with Gasteiger partial charge in [0.15, 0.2) is 0 Å². The first-order valence-corrected chi connectivity index (χ1v) is 11.8. The van der Waals surface area contributed by atoms with E-state index in [0.717, 1.165) is 55.3 Å². The Bertz CT molecular complexity index is 534. The molecule has 4 aliphatic carbocycles. The largest absolute Gasteiger partial charge is 0.390 e. The van der Waals surface area contributed by atoms with Gasteiger partial charge in [-0.05, 0) is 99.2 Å². The lowest BCUT2D eigenvalue weighted by Gasteiger charge is -2.57. The van der Waals surface area contributed by atoms with Crippen LogP contribution in [0.15, 0.2) is 0 Å². The summed E-state index contributed by atoms with van der Waals surface area (Å²) in [6, 6.07) is 0. The maximum atomic E-state index is 12.5. The standard InChI is InChI=1S/C22H35BrO2/c1-3-22(25)11-9-15-14(12-22)4-5-17-16(15)8-10-21(2)18(17)6-7-19(21)20(24)13-23/h14-19,25H,3-13H2,1-2H3/t14-,15?,16+,17?,18-,19+,21-,22+/m0/s1. The maximum absolute atomic E-state index is 12.5. The van der Waals surface area contributed by atoms with E-state index in [1.807, 2.05) is 0 Å². The normalized spacial score (nSPS) is 52.2. The summed E-state index contributed by atoms with van der Waals surface area (Å²) >= 11 is 3.42. The van der Waals surface area contributed by atoms with Gasteiger partial charge in [-0.3, -0.25) is 4.79 Å². The Morgan fingerprint density at radius 1 is 1.04 bits per heavy atom. The van der Waals surface area contributed by atoms with Gasteiger partial charge < -0.3 is 5.11 Å². The summed E-state index contributed by atoms with van der Waals surface area (Å²) in [5.74, 6) is 4.84. The first-order chi connectivity index (χ1) is 11.9. The highest BCUT2D eigenvalue weighted by Gasteiger charge is 2.58. The Kier molecular flexibility index (Phi) is 4.89. The van der Waals surface area contributed by atoms with E-state index in [0.29, 0.717) is 17.0 Å². The van der Waals surface area contributed by atoms with Gasteiger partial charge >= 0.3 is 0 Å². The predicted octanol–water partition coefficient (Wildman–Crippen LogP) is 5.36. The first-order valence-electron chi connectivity index (χ1n) is 10.7. The highest BCUT2D eigenvalue weighted by Crippen LogP contribution is 2.64. The average molecular weight is 411 g/mol. The lowest BCUT2D eigenvalue weighted by Crippen LogP contribution is -2.51. The molecule has 0 amide bonds. The molecule has 3 heteroatoms. The highest BCUT2D eigenvalue weighted by atomic mass is 79.9. The predicted molar refractivity (Wildman–Crippen MR) is 105 cm³/mol. The van der Waals surface area contributed by atoms with Crippen molar-refractivity contribution < 1.29 is 9.90 Å². The van der Waals surface area contributed by atoms with Gasteiger partial charge in [-0.25, -0.2) is 0 Å². The number of fused-ring (bicyclic) bond motifs is 5. The van der Waals surface area contributed by atoms with Crippen molar-refractivity contribution in [1.82, 2.24) is 0 Å². The second kappa shape index (κ2) is 6.62. The number of alkyl halides is 1. The molecule has 8 atom stereocenters. The molecule has 2 nitrogen and oxygen atoms in total. The fourth-order valence-electron chi connectivity index (χ4n) is 7.91. The summed E-state index contributed by atoms with van der Waals surface area (Å²) in [7, 11) is 0. The molecule has 0 saturated heterocycles. The zero-order chi connectivity index (χ0) is 17.8. The Labute approximate surface area is 161 Å². The minimum atomic E-state index is -0.377. The SMILES string of the molecule is CC[C@@]1(O)CCC2[C@@H](CCC3[C@@H]2CC[C@]2(C)[C@@H](C(=O)CBr)CC[C@@H]32)C1. The average Bonchev–Trinajstić information content (AvgIpc) is 2.98. The van der Waals surface area contributed by atoms with E-state index in [9.17, 15) is 9.90 Å². The monoisotopic (exact) mass is 410 g/mol. The molecule has 1 N–H and O–H groups in total. The van der Waals surface area contributed by atoms with E-state index in [-0.39, 0.29) is 11.0 Å². The molecule has 4 rings (SSSR count). The van der Waals surface area contributed by atoms with E-state index in [2.05, 4.69) is 29.8 Å². The summed E-state index contributed by atoms with van der Waals surface area (Å²) in [6.07, 6.45) is 11.9. The molecule has 0 aliphatic heterocycles. The van der Waals surface area contributed by atoms with Gasteiger partial charge in [0.25, 0.3) is 0 Å². The number of carbonyl (C=O) groups excluding carboxylic acids is 1. The van der Waals surface area contributed by atoms with Crippen LogP contribution in [0, 0.1) is 40.9 Å². The number of rotatable bonds is 3. The van der Waals surface area contributed by atoms with Crippen LogP contribution < -0.4 is 0 Å². The summed E-state index contributed by atoms with van der Waals surface area (Å²) in [5, 5.41) is 11.3. The molecule has 0 bridgehead atoms. The molecule has 0 spiro atoms. The van der Waals surface area contributed by atoms with Crippen LogP contribution in [0.25, 0.3) is 0 Å². The first kappa shape index (κ1) is 18.5. The van der Waals surface area contributed by atoms with Gasteiger partial charge in [-0.15, -0.1) is 0 Å². The zero-order valence-electron chi connectivity index (χ0n) is 16.0. The number of aliphatic hydroxyl groups is 1. The Balaban J connectivity index is 1.52. The smallest absolute Gasteiger partial charge is 0.147 e. The van der Waals surface area contributed by atoms with Crippen molar-refractivity contribution in [3.05, 3.63) is 0 Å². The van der Waals surface area contributed by atoms with Gasteiger partial charge in [-0.2, -0.15) is 0 Å². The molecule has 25 heavy (non-hydrogen) atoms. The second-order valence-electron chi connectivity index (χ2n) is 10.0. The molecule has 0 aromatic carbocycles. The van der Waals surface area contributed by atoms with Gasteiger partial charge in [0.2, 0.25) is 0 Å². The lowest BCUT2D eigenvalue weighted by molar-refractivity contribution is -0.130. The van der Waals surface area contributed by atoms with Crippen LogP contribution in [0.1, 0.15) is 78.1 Å². The molecule has 0 aromatic heterocycles. The molecule has 4 fully saturated rings. The molecule has 2 unspecified atom stereocenters. The Morgan fingerprint density at radius 3 is 2.52 bits per heavy atom. The van der Waals surface area contributed by atoms with E-state index in [4.69, 9.17) is 0 Å². The minimum Gasteiger partial charge on any atom is -0.390 e. The molecular weight excluding hydrogens is 376 g/mol. The van der Waals surface area contributed by atoms with Crippen LogP contribution in [0.4, 0.5) is 0 Å². The molecule has 0 radical (unpaired) electrons. The third kappa shape index (κ3) is 2.87. The quantitative estimate of drug-likeness (QED) is 0.635. The van der Waals surface area contributed by atoms with E-state index < -0.39 is 0 Å². The van der Waals surface area contributed by atoms with Crippen LogP contribution in [0.3, 0.4) is 0 Å². The van der Waals surface area contributed by atoms with Gasteiger partial charge in [0.1, 0.15) is 5.78 Å². The van der Waals surface area contributed by atoms with E-state index >= 15 is 0 Å². The summed E-state index contributed by atoms with van der Waals surface area (Å²) in [4.78, 5) is 12.5. The van der Waals surface area contributed by atoms with Crippen LogP contribution in [0.5, 0.6) is 0 Å². The van der Waals surface area contributed by atoms with E-state index in [1.165, 1.54) is 38.5 Å². The number of Topliss-reactive ketones (excluding diaryl/α,β-unsaturated/α-hetero) is 1. The van der Waals surface area contributed by atoms with Crippen molar-refractivity contribution >= 4 is 21.7 Å². The maximum Gasteiger partial charge on any atom is 0.147 e. The van der Waals surface area contributed by atoms with Crippen molar-refractivity contribution in [2.75, 3.05) is 5.33 Å². The third-order valence-electron chi connectivity index (χ3n) is 9.28. The Morgan fingerprint density at radius 2 is 1.80 bits per heavy atom. The van der Waals surface area contributed by atoms with Gasteiger partial charge in [-0.1, -0.05) is 29.8 Å². The molecule has 0 aromatic rings. The van der Waals surface area contributed by atoms with Crippen molar-refractivity contribution in [3.8, 4) is 0 Å². The minimum absolute atomic E-state index is 0.262. The number of hydrogen-bond donors (Lipinski definition) is 1. The topological polar surface area (TPSA) is 37.3 Å². The summed E-state index contributed by atoms with van der Waals surface area (Å²) in [5.41, 5.74) is -0.115. The van der Waals surface area contributed by atoms with Crippen molar-refractivity contribution in [1.29, 1.82) is 0 Å². The van der Waals surface area contributed by atoms with Crippen molar-refractivity contribution in [2.24, 2.45) is 40.9 Å². The fourth-order valence-corrected chi connectivity index (χ4v) is 8.30. The highest BCUT2D eigenvalue weighted by molar-refractivity contribution is 9.09. The molecule has 4 saturated carbocycles. The van der Waals surface area contributed by atoms with E-state index in [1.54, 1.807) is 0 Å². The lowest BCUT2D eigenvalue weighted by atomic mass is 9.48. The Hall–Kier alpha value is 0.110. The number of hydrogen-bond acceptors (Lipinski definition) is 2. The van der Waals surface area contributed by atoms with Gasteiger partial charge in [0.05, 0.1) is 10.9 Å². The summed E-state index contributed by atoms with van der Waals surface area (Å²) in [6.45, 7) is 4.59. The molecule has 142 valence electrons. The third-order valence-corrected chi connectivity index (χ3v) is 9.84. The number of halogens is 1. The van der Waals surface area contributed by atoms with Crippen molar-refractivity contribution in [3.63, 3.8) is 0 Å². The van der Waals surface area contributed by atoms with Crippen LogP contribution in [0.2, 0.25) is 0 Å². The van der Waals surface area contributed by atoms with Crippen LogP contribution in [-0.2, 0) is 4.79 Å². The van der Waals surface area contributed by atoms with Crippen molar-refractivity contribution in [2.45, 2.75) is 83.7 Å². The number of ketones is 1. The number of carbonyl (C=O) groups is 1. The van der Waals surface area contributed by atoms with Crippen LogP contribution in [-0.4, -0.2) is 21.8 Å². The fraction of sp³-hybridized carbons (Fsp3) is 0.955. The zero-order valence-corrected chi connectivity index (χ0v) is 17.6. The second-order valence-corrected chi connectivity index (χ2v) is 10.6. The molecule has 4 aliphatic rings. The molecular formula is C22H35BrO2. The molecule has 0 heterocycles. The van der Waals surface area contributed by atoms with Crippen LogP contribution >= 0.6 is 15.9 Å².